The zero-order valence-electron chi connectivity index (χ0n) is 8.98. The molecule has 15 heavy (non-hydrogen) atoms. The van der Waals surface area contributed by atoms with Crippen LogP contribution in [0.5, 0.6) is 0 Å². The van der Waals surface area contributed by atoms with E-state index in [0.717, 1.165) is 16.5 Å². The summed E-state index contributed by atoms with van der Waals surface area (Å²) >= 11 is 0. The zero-order chi connectivity index (χ0) is 11.2. The van der Waals surface area contributed by atoms with E-state index >= 15 is 0 Å². The van der Waals surface area contributed by atoms with Gasteiger partial charge in [-0.25, -0.2) is 8.42 Å². The van der Waals surface area contributed by atoms with Crippen molar-refractivity contribution in [1.29, 1.82) is 0 Å². The highest BCUT2D eigenvalue weighted by Gasteiger charge is 2.15. The number of aryl methyl sites for hydroxylation is 2. The Morgan fingerprint density at radius 2 is 1.93 bits per heavy atom. The molecule has 0 aliphatic carbocycles. The molecular formula is C11H13NO2S. The Bertz CT molecular complexity index is 623. The Morgan fingerprint density at radius 3 is 2.53 bits per heavy atom. The lowest BCUT2D eigenvalue weighted by Gasteiger charge is -1.97. The lowest BCUT2D eigenvalue weighted by molar-refractivity contribution is 0.602. The van der Waals surface area contributed by atoms with Gasteiger partial charge in [0.15, 0.2) is 9.84 Å². The number of hydrogen-bond acceptors (Lipinski definition) is 2. The van der Waals surface area contributed by atoms with E-state index in [0.29, 0.717) is 4.90 Å². The van der Waals surface area contributed by atoms with Crippen LogP contribution < -0.4 is 0 Å². The highest BCUT2D eigenvalue weighted by Crippen LogP contribution is 2.25. The van der Waals surface area contributed by atoms with E-state index in [1.807, 2.05) is 36.7 Å². The van der Waals surface area contributed by atoms with Crippen molar-refractivity contribution >= 4 is 20.7 Å². The Kier molecular flexibility index (Phi) is 2.12. The molecule has 2 aromatic rings. The maximum Gasteiger partial charge on any atom is 0.177 e. The van der Waals surface area contributed by atoms with Gasteiger partial charge in [0.25, 0.3) is 0 Å². The maximum absolute atomic E-state index is 11.6. The molecule has 0 N–H and O–H groups in total. The Hall–Kier alpha value is -1.29. The first-order valence-corrected chi connectivity index (χ1v) is 6.54. The average Bonchev–Trinajstić information content (AvgIpc) is 2.42. The predicted molar refractivity (Wildman–Crippen MR) is 60.8 cm³/mol. The summed E-state index contributed by atoms with van der Waals surface area (Å²) in [5.74, 6) is 0. The van der Waals surface area contributed by atoms with Crippen molar-refractivity contribution in [3.8, 4) is 0 Å². The van der Waals surface area contributed by atoms with Gasteiger partial charge >= 0.3 is 0 Å². The molecule has 0 amide bonds. The molecule has 4 heteroatoms. The second-order valence-electron chi connectivity index (χ2n) is 3.90. The minimum absolute atomic E-state index is 0.406. The molecule has 0 aliphatic rings. The summed E-state index contributed by atoms with van der Waals surface area (Å²) in [5, 5.41) is 0.806. The number of hydrogen-bond donors (Lipinski definition) is 0. The van der Waals surface area contributed by atoms with Crippen molar-refractivity contribution in [2.45, 2.75) is 11.8 Å². The number of aromatic nitrogens is 1. The monoisotopic (exact) mass is 223 g/mol. The van der Waals surface area contributed by atoms with E-state index in [1.165, 1.54) is 6.26 Å². The minimum Gasteiger partial charge on any atom is -0.349 e. The van der Waals surface area contributed by atoms with Gasteiger partial charge in [0, 0.05) is 30.4 Å². The topological polar surface area (TPSA) is 39.1 Å². The van der Waals surface area contributed by atoms with Gasteiger partial charge in [-0.2, -0.15) is 0 Å². The molecule has 0 radical (unpaired) electrons. The largest absolute Gasteiger partial charge is 0.349 e. The van der Waals surface area contributed by atoms with Crippen LogP contribution in [0.1, 0.15) is 5.56 Å². The summed E-state index contributed by atoms with van der Waals surface area (Å²) in [6, 6.07) is 5.83. The van der Waals surface area contributed by atoms with Crippen LogP contribution in [0.4, 0.5) is 0 Å². The van der Waals surface area contributed by atoms with Gasteiger partial charge in [0.1, 0.15) is 0 Å². The van der Waals surface area contributed by atoms with Crippen LogP contribution in [0, 0.1) is 6.92 Å². The number of rotatable bonds is 1. The molecule has 0 spiro atoms. The molecule has 1 heterocycles. The third-order valence-electron chi connectivity index (χ3n) is 2.51. The summed E-state index contributed by atoms with van der Waals surface area (Å²) in [5.41, 5.74) is 2.01. The first kappa shape index (κ1) is 10.2. The van der Waals surface area contributed by atoms with Crippen molar-refractivity contribution in [2.75, 3.05) is 6.26 Å². The van der Waals surface area contributed by atoms with E-state index in [2.05, 4.69) is 0 Å². The fourth-order valence-corrected chi connectivity index (χ4v) is 2.68. The fourth-order valence-electron chi connectivity index (χ4n) is 1.77. The molecule has 0 atom stereocenters. The first-order valence-electron chi connectivity index (χ1n) is 4.65. The average molecular weight is 223 g/mol. The van der Waals surface area contributed by atoms with Crippen molar-refractivity contribution in [3.63, 3.8) is 0 Å². The molecule has 3 nitrogen and oxygen atoms in total. The molecule has 2 rings (SSSR count). The maximum atomic E-state index is 11.6. The van der Waals surface area contributed by atoms with Gasteiger partial charge in [0.05, 0.1) is 4.90 Å². The zero-order valence-corrected chi connectivity index (χ0v) is 9.80. The van der Waals surface area contributed by atoms with E-state index in [1.54, 1.807) is 6.20 Å². The van der Waals surface area contributed by atoms with Gasteiger partial charge in [0.2, 0.25) is 0 Å². The third kappa shape index (κ3) is 1.65. The second-order valence-corrected chi connectivity index (χ2v) is 5.88. The Morgan fingerprint density at radius 1 is 1.27 bits per heavy atom. The third-order valence-corrected chi connectivity index (χ3v) is 3.63. The molecule has 0 fully saturated rings. The fraction of sp³-hybridized carbons (Fsp3) is 0.273. The van der Waals surface area contributed by atoms with Crippen molar-refractivity contribution in [3.05, 3.63) is 30.0 Å². The molecule has 0 unspecified atom stereocenters. The molecule has 0 saturated heterocycles. The van der Waals surface area contributed by atoms with Gasteiger partial charge in [-0.15, -0.1) is 0 Å². The number of benzene rings is 1. The van der Waals surface area contributed by atoms with E-state index in [9.17, 15) is 8.42 Å². The van der Waals surface area contributed by atoms with Crippen LogP contribution in [0.15, 0.2) is 29.3 Å². The van der Waals surface area contributed by atoms with E-state index in [-0.39, 0.29) is 0 Å². The van der Waals surface area contributed by atoms with Crippen molar-refractivity contribution in [1.82, 2.24) is 4.57 Å². The standard InChI is InChI=1S/C11H13NO2S/c1-8-4-5-10-9(6-8)11(7-12(10)2)15(3,13)14/h4-7H,1-3H3. The molecule has 0 saturated carbocycles. The van der Waals surface area contributed by atoms with Gasteiger partial charge in [-0.1, -0.05) is 11.6 Å². The molecular weight excluding hydrogens is 210 g/mol. The van der Waals surface area contributed by atoms with Crippen LogP contribution in [0.2, 0.25) is 0 Å². The number of fused-ring (bicyclic) bond motifs is 1. The molecule has 80 valence electrons. The summed E-state index contributed by atoms with van der Waals surface area (Å²) in [4.78, 5) is 0.406. The predicted octanol–water partition coefficient (Wildman–Crippen LogP) is 1.89. The van der Waals surface area contributed by atoms with Crippen LogP contribution >= 0.6 is 0 Å². The van der Waals surface area contributed by atoms with Gasteiger partial charge < -0.3 is 4.57 Å². The summed E-state index contributed by atoms with van der Waals surface area (Å²) in [6.45, 7) is 1.96. The smallest absolute Gasteiger partial charge is 0.177 e. The quantitative estimate of drug-likeness (QED) is 0.740. The molecule has 0 bridgehead atoms. The SMILES string of the molecule is Cc1ccc2c(c1)c(S(C)(=O)=O)cn2C. The highest BCUT2D eigenvalue weighted by molar-refractivity contribution is 7.91. The normalized spacial score (nSPS) is 12.2. The minimum atomic E-state index is -3.15. The summed E-state index contributed by atoms with van der Waals surface area (Å²) in [7, 11) is -1.29. The Labute approximate surface area is 89.3 Å². The van der Waals surface area contributed by atoms with Crippen LogP contribution in [0.3, 0.4) is 0 Å². The van der Waals surface area contributed by atoms with Crippen LogP contribution in [-0.4, -0.2) is 19.2 Å². The first-order chi connectivity index (χ1) is 6.89. The van der Waals surface area contributed by atoms with Gasteiger partial charge in [-0.3, -0.25) is 0 Å². The Balaban J connectivity index is 2.94. The van der Waals surface area contributed by atoms with E-state index in [4.69, 9.17) is 0 Å². The second kappa shape index (κ2) is 3.10. The highest BCUT2D eigenvalue weighted by atomic mass is 32.2. The molecule has 1 aromatic carbocycles. The number of nitrogens with zero attached hydrogens (tertiary/aromatic N) is 1. The van der Waals surface area contributed by atoms with Crippen molar-refractivity contribution in [2.24, 2.45) is 7.05 Å². The molecule has 0 aliphatic heterocycles. The lowest BCUT2D eigenvalue weighted by Crippen LogP contribution is -1.95. The van der Waals surface area contributed by atoms with Gasteiger partial charge in [-0.05, 0) is 19.1 Å². The molecule has 1 aromatic heterocycles. The summed E-state index contributed by atoms with van der Waals surface area (Å²) in [6.07, 6.45) is 2.91. The number of sulfone groups is 1. The van der Waals surface area contributed by atoms with E-state index < -0.39 is 9.84 Å². The summed E-state index contributed by atoms with van der Waals surface area (Å²) < 4.78 is 25.0. The van der Waals surface area contributed by atoms with Crippen molar-refractivity contribution < 1.29 is 8.42 Å². The van der Waals surface area contributed by atoms with Crippen LogP contribution in [0.25, 0.3) is 10.9 Å². The lowest BCUT2D eigenvalue weighted by atomic mass is 10.2. The van der Waals surface area contributed by atoms with Crippen LogP contribution in [-0.2, 0) is 16.9 Å².